The van der Waals surface area contributed by atoms with Gasteiger partial charge in [-0.05, 0) is 97.1 Å². The quantitative estimate of drug-likeness (QED) is 0.109. The van der Waals surface area contributed by atoms with Gasteiger partial charge < -0.3 is 21.3 Å². The zero-order valence-electron chi connectivity index (χ0n) is 29.9. The number of aromatic nitrogens is 6. The van der Waals surface area contributed by atoms with Crippen molar-refractivity contribution in [1.82, 2.24) is 29.9 Å². The molecule has 54 heavy (non-hydrogen) atoms. The number of carbonyl (C=O) groups is 4. The van der Waals surface area contributed by atoms with Crippen LogP contribution in [-0.2, 0) is 19.2 Å². The Balaban J connectivity index is 1.70. The molecule has 0 bridgehead atoms. The van der Waals surface area contributed by atoms with Gasteiger partial charge in [0, 0.05) is 52.5 Å². The van der Waals surface area contributed by atoms with Gasteiger partial charge >= 0.3 is 0 Å². The molecule has 270 valence electrons. The number of anilines is 4. The average molecular weight is 721 g/mol. The fraction of sp³-hybridized carbons (Fsp3) is 0.100. The first kappa shape index (κ1) is 37.8. The van der Waals surface area contributed by atoms with E-state index in [9.17, 15) is 19.2 Å². The van der Waals surface area contributed by atoms with E-state index in [2.05, 4.69) is 41.2 Å². The van der Waals surface area contributed by atoms with E-state index < -0.39 is 0 Å². The second-order valence-corrected chi connectivity index (χ2v) is 11.6. The minimum atomic E-state index is -0.252. The molecule has 4 amide bonds. The lowest BCUT2D eigenvalue weighted by molar-refractivity contribution is -0.115. The van der Waals surface area contributed by atoms with Gasteiger partial charge in [0.25, 0.3) is 0 Å². The van der Waals surface area contributed by atoms with E-state index in [0.717, 1.165) is 0 Å². The third-order valence-corrected chi connectivity index (χ3v) is 7.20. The lowest BCUT2D eigenvalue weighted by Gasteiger charge is -2.10. The van der Waals surface area contributed by atoms with E-state index in [-0.39, 0.29) is 23.6 Å². The second kappa shape index (κ2) is 18.1. The molecule has 4 N–H and O–H groups in total. The van der Waals surface area contributed by atoms with Gasteiger partial charge in [-0.15, -0.1) is 0 Å². The van der Waals surface area contributed by atoms with Crippen LogP contribution in [0.25, 0.3) is 48.6 Å². The second-order valence-electron chi connectivity index (χ2n) is 11.6. The van der Waals surface area contributed by atoms with E-state index in [4.69, 9.17) is 9.97 Å². The molecule has 0 fully saturated rings. The van der Waals surface area contributed by atoms with E-state index >= 15 is 0 Å². The molecule has 0 saturated carbocycles. The van der Waals surface area contributed by atoms with Gasteiger partial charge in [-0.1, -0.05) is 0 Å². The van der Waals surface area contributed by atoms with Crippen LogP contribution in [0.15, 0.2) is 73.3 Å². The van der Waals surface area contributed by atoms with Crippen LogP contribution in [0, 0.1) is 0 Å². The summed E-state index contributed by atoms with van der Waals surface area (Å²) in [6.45, 7) is 5.65. The van der Waals surface area contributed by atoms with Gasteiger partial charge in [0.2, 0.25) is 23.6 Å². The SMILES string of the molecule is CC(=O)Nc1cccnc1/C=C/c1nc(/C=C/c2ncccc2NC(C)=O)c(/C=C/c2ncccc2NC(C)=O)nc1/C=C/c1ncccc1NC(C)=O. The highest BCUT2D eigenvalue weighted by atomic mass is 16.2. The summed E-state index contributed by atoms with van der Waals surface area (Å²) in [4.78, 5) is 75.3. The Hall–Kier alpha value is -7.48. The van der Waals surface area contributed by atoms with Crippen molar-refractivity contribution in [2.75, 3.05) is 21.3 Å². The molecule has 0 unspecified atom stereocenters. The van der Waals surface area contributed by atoms with Gasteiger partial charge in [0.1, 0.15) is 0 Å². The fourth-order valence-electron chi connectivity index (χ4n) is 4.99. The molecule has 0 aromatic carbocycles. The standard InChI is InChI=1S/C40H36N10O4/c1-25(51)45-33-9-5-21-41-29(33)13-17-37-38(18-14-30-34(46-26(2)52)10-6-22-42-30)50-40(20-16-32-36(48-28(4)54)12-8-24-44-32)39(49-37)19-15-31-35(47-27(3)53)11-7-23-43-31/h5-24H,1-4H3,(H,45,51)(H,46,52)(H,47,53)(H,48,54)/b17-13+,18-14+,19-15+,20-16+. The zero-order valence-corrected chi connectivity index (χ0v) is 29.9. The van der Waals surface area contributed by atoms with Crippen LogP contribution < -0.4 is 21.3 Å². The summed E-state index contributed by atoms with van der Waals surface area (Å²) < 4.78 is 0. The summed E-state index contributed by atoms with van der Waals surface area (Å²) in [5.41, 5.74) is 5.62. The van der Waals surface area contributed by atoms with Crippen molar-refractivity contribution in [3.63, 3.8) is 0 Å². The van der Waals surface area contributed by atoms with Crippen LogP contribution in [0.3, 0.4) is 0 Å². The first-order valence-corrected chi connectivity index (χ1v) is 16.6. The first-order valence-electron chi connectivity index (χ1n) is 16.6. The number of hydrogen-bond acceptors (Lipinski definition) is 10. The zero-order chi connectivity index (χ0) is 38.5. The molecular formula is C40H36N10O4. The number of pyridine rings is 4. The molecule has 0 atom stereocenters. The highest BCUT2D eigenvalue weighted by molar-refractivity contribution is 5.95. The number of rotatable bonds is 12. The monoisotopic (exact) mass is 720 g/mol. The van der Waals surface area contributed by atoms with E-state index in [1.807, 2.05) is 0 Å². The summed E-state index contributed by atoms with van der Waals surface area (Å²) in [5, 5.41) is 11.1. The van der Waals surface area contributed by atoms with Crippen LogP contribution in [0.2, 0.25) is 0 Å². The molecule has 5 rings (SSSR count). The molecule has 5 aromatic rings. The Morgan fingerprint density at radius 2 is 0.574 bits per heavy atom. The molecule has 0 aliphatic rings. The molecule has 14 nitrogen and oxygen atoms in total. The van der Waals surface area contributed by atoms with Crippen LogP contribution in [-0.4, -0.2) is 53.5 Å². The maximum absolute atomic E-state index is 11.9. The van der Waals surface area contributed by atoms with Crippen molar-refractivity contribution in [3.05, 3.63) is 119 Å². The topological polar surface area (TPSA) is 194 Å². The fourth-order valence-corrected chi connectivity index (χ4v) is 4.99. The molecule has 5 aromatic heterocycles. The molecule has 0 spiro atoms. The van der Waals surface area contributed by atoms with Gasteiger partial charge in [0.15, 0.2) is 0 Å². The maximum Gasteiger partial charge on any atom is 0.221 e. The summed E-state index contributed by atoms with van der Waals surface area (Å²) >= 11 is 0. The van der Waals surface area contributed by atoms with Gasteiger partial charge in [0.05, 0.1) is 68.3 Å². The summed E-state index contributed by atoms with van der Waals surface area (Å²) in [7, 11) is 0. The van der Waals surface area contributed by atoms with Crippen molar-refractivity contribution < 1.29 is 19.2 Å². The van der Waals surface area contributed by atoms with Gasteiger partial charge in [-0.2, -0.15) is 0 Å². The molecule has 0 aliphatic heterocycles. The van der Waals surface area contributed by atoms with Gasteiger partial charge in [-0.25, -0.2) is 9.97 Å². The average Bonchev–Trinajstić information content (AvgIpc) is 3.13. The van der Waals surface area contributed by atoms with Crippen molar-refractivity contribution in [2.24, 2.45) is 0 Å². The largest absolute Gasteiger partial charge is 0.324 e. The Kier molecular flexibility index (Phi) is 12.7. The Morgan fingerprint density at radius 1 is 0.370 bits per heavy atom. The van der Waals surface area contributed by atoms with Crippen molar-refractivity contribution in [2.45, 2.75) is 27.7 Å². The normalized spacial score (nSPS) is 11.3. The molecule has 0 saturated heterocycles. The number of carbonyl (C=O) groups excluding carboxylic acids is 4. The van der Waals surface area contributed by atoms with Crippen LogP contribution in [0.4, 0.5) is 22.7 Å². The molecule has 5 heterocycles. The predicted molar refractivity (Wildman–Crippen MR) is 212 cm³/mol. The smallest absolute Gasteiger partial charge is 0.221 e. The Bertz CT molecular complexity index is 2010. The van der Waals surface area contributed by atoms with Gasteiger partial charge in [-0.3, -0.25) is 39.1 Å². The summed E-state index contributed by atoms with van der Waals surface area (Å²) in [6, 6.07) is 13.8. The number of nitrogens with zero attached hydrogens (tertiary/aromatic N) is 6. The minimum Gasteiger partial charge on any atom is -0.324 e. The first-order chi connectivity index (χ1) is 26.0. The lowest BCUT2D eigenvalue weighted by Crippen LogP contribution is -2.08. The molecular weight excluding hydrogens is 685 g/mol. The third kappa shape index (κ3) is 10.8. The third-order valence-electron chi connectivity index (χ3n) is 7.20. The highest BCUT2D eigenvalue weighted by Gasteiger charge is 2.12. The predicted octanol–water partition coefficient (Wildman–Crippen LogP) is 6.57. The van der Waals surface area contributed by atoms with E-state index in [0.29, 0.717) is 68.3 Å². The van der Waals surface area contributed by atoms with Crippen LogP contribution >= 0.6 is 0 Å². The number of hydrogen-bond donors (Lipinski definition) is 4. The minimum absolute atomic E-state index is 0.252. The lowest BCUT2D eigenvalue weighted by atomic mass is 10.1. The Morgan fingerprint density at radius 3 is 0.778 bits per heavy atom. The van der Waals surface area contributed by atoms with Crippen molar-refractivity contribution >= 4 is 95.0 Å². The van der Waals surface area contributed by atoms with E-state index in [1.165, 1.54) is 27.7 Å². The van der Waals surface area contributed by atoms with E-state index in [1.54, 1.807) is 122 Å². The molecule has 14 heteroatoms. The molecule has 0 aliphatic carbocycles. The summed E-state index contributed by atoms with van der Waals surface area (Å²) in [6.07, 6.45) is 20.1. The Labute approximate surface area is 311 Å². The highest BCUT2D eigenvalue weighted by Crippen LogP contribution is 2.24. The summed E-state index contributed by atoms with van der Waals surface area (Å²) in [5.74, 6) is -1.01. The van der Waals surface area contributed by atoms with Crippen LogP contribution in [0.5, 0.6) is 0 Å². The number of amides is 4. The van der Waals surface area contributed by atoms with Crippen LogP contribution in [0.1, 0.15) is 73.2 Å². The maximum atomic E-state index is 11.9. The van der Waals surface area contributed by atoms with Crippen molar-refractivity contribution in [3.8, 4) is 0 Å². The molecule has 0 radical (unpaired) electrons. The van der Waals surface area contributed by atoms with Crippen molar-refractivity contribution in [1.29, 1.82) is 0 Å². The number of nitrogens with one attached hydrogen (secondary N) is 4.